The number of ketones is 1. The number of allylic oxidation sites excluding steroid dienone is 2. The van der Waals surface area contributed by atoms with E-state index >= 15 is 0 Å². The Labute approximate surface area is 121 Å². The summed E-state index contributed by atoms with van der Waals surface area (Å²) in [5, 5.41) is 0. The summed E-state index contributed by atoms with van der Waals surface area (Å²) in [6.07, 6.45) is 1.68. The third kappa shape index (κ3) is 5.17. The summed E-state index contributed by atoms with van der Waals surface area (Å²) in [6.45, 7) is 8.56. The first-order chi connectivity index (χ1) is 9.35. The molecule has 0 heterocycles. The first-order valence-corrected chi connectivity index (χ1v) is 6.75. The minimum atomic E-state index is -0.496. The largest absolute Gasteiger partial charge is 0.497 e. The maximum Gasteiger partial charge on any atom is 0.163 e. The van der Waals surface area contributed by atoms with Crippen molar-refractivity contribution in [1.82, 2.24) is 0 Å². The normalized spacial score (nSPS) is 11.1. The van der Waals surface area contributed by atoms with Gasteiger partial charge in [0, 0.05) is 0 Å². The second-order valence-corrected chi connectivity index (χ2v) is 5.81. The fourth-order valence-corrected chi connectivity index (χ4v) is 1.67. The Kier molecular flexibility index (Phi) is 5.96. The van der Waals surface area contributed by atoms with Crippen LogP contribution in [0.4, 0.5) is 0 Å². The van der Waals surface area contributed by atoms with Gasteiger partial charge < -0.3 is 9.47 Å². The van der Waals surface area contributed by atoms with Crippen LogP contribution in [-0.4, -0.2) is 19.5 Å². The molecule has 0 bridgehead atoms. The molecule has 3 heteroatoms. The molecular weight excluding hydrogens is 252 g/mol. The number of methoxy groups -OCH3 is 1. The summed E-state index contributed by atoms with van der Waals surface area (Å²) in [4.78, 5) is 12.0. The highest BCUT2D eigenvalue weighted by Gasteiger charge is 2.25. The van der Waals surface area contributed by atoms with E-state index in [4.69, 9.17) is 9.47 Å². The van der Waals surface area contributed by atoms with Crippen molar-refractivity contribution in [2.75, 3.05) is 13.7 Å². The molecule has 0 N–H and O–H groups in total. The number of rotatable bonds is 7. The predicted molar refractivity (Wildman–Crippen MR) is 80.9 cm³/mol. The zero-order valence-corrected chi connectivity index (χ0v) is 13.0. The van der Waals surface area contributed by atoms with E-state index in [1.807, 2.05) is 52.0 Å². The van der Waals surface area contributed by atoms with Crippen LogP contribution in [0.5, 0.6) is 5.75 Å². The van der Waals surface area contributed by atoms with Crippen LogP contribution in [-0.2, 0) is 16.1 Å². The molecule has 110 valence electrons. The molecule has 0 aromatic heterocycles. The maximum absolute atomic E-state index is 12.0. The highest BCUT2D eigenvalue weighted by molar-refractivity contribution is 5.94. The molecule has 0 unspecified atom stereocenters. The van der Waals surface area contributed by atoms with E-state index < -0.39 is 5.41 Å². The first-order valence-electron chi connectivity index (χ1n) is 6.75. The van der Waals surface area contributed by atoms with Gasteiger partial charge in [0.1, 0.15) is 5.75 Å². The highest BCUT2D eigenvalue weighted by atomic mass is 16.5. The number of carbonyl (C=O) groups excluding carboxylic acids is 1. The molecule has 0 aliphatic heterocycles. The molecule has 0 radical (unpaired) electrons. The Morgan fingerprint density at radius 1 is 1.20 bits per heavy atom. The zero-order chi connectivity index (χ0) is 15.2. The second-order valence-electron chi connectivity index (χ2n) is 5.81. The Morgan fingerprint density at radius 3 is 2.30 bits per heavy atom. The SMILES string of the molecule is COc1ccc(COCC(C)(C)C(=O)C=C(C)C)cc1. The molecule has 0 spiro atoms. The minimum Gasteiger partial charge on any atom is -0.497 e. The molecule has 0 fully saturated rings. The summed E-state index contributed by atoms with van der Waals surface area (Å²) in [7, 11) is 1.64. The van der Waals surface area contributed by atoms with Gasteiger partial charge in [-0.3, -0.25) is 4.79 Å². The van der Waals surface area contributed by atoms with Crippen LogP contribution in [0.2, 0.25) is 0 Å². The molecule has 0 saturated carbocycles. The molecule has 0 amide bonds. The van der Waals surface area contributed by atoms with Crippen LogP contribution in [0.25, 0.3) is 0 Å². The van der Waals surface area contributed by atoms with Crippen LogP contribution in [0, 0.1) is 5.41 Å². The number of benzene rings is 1. The van der Waals surface area contributed by atoms with Gasteiger partial charge in [0.15, 0.2) is 5.78 Å². The lowest BCUT2D eigenvalue weighted by Crippen LogP contribution is -2.28. The summed E-state index contributed by atoms with van der Waals surface area (Å²) >= 11 is 0. The Hall–Kier alpha value is -1.61. The lowest BCUT2D eigenvalue weighted by atomic mass is 9.88. The van der Waals surface area contributed by atoms with E-state index in [1.165, 1.54) is 0 Å². The molecule has 20 heavy (non-hydrogen) atoms. The molecule has 0 aliphatic carbocycles. The van der Waals surface area contributed by atoms with Crippen molar-refractivity contribution >= 4 is 5.78 Å². The molecule has 1 aromatic rings. The minimum absolute atomic E-state index is 0.104. The van der Waals surface area contributed by atoms with E-state index in [0.717, 1.165) is 16.9 Å². The van der Waals surface area contributed by atoms with Crippen molar-refractivity contribution in [2.24, 2.45) is 5.41 Å². The molecule has 1 aromatic carbocycles. The van der Waals surface area contributed by atoms with Gasteiger partial charge in [-0.15, -0.1) is 0 Å². The zero-order valence-electron chi connectivity index (χ0n) is 13.0. The molecular formula is C17H24O3. The Morgan fingerprint density at radius 2 is 1.80 bits per heavy atom. The van der Waals surface area contributed by atoms with E-state index in [1.54, 1.807) is 13.2 Å². The van der Waals surface area contributed by atoms with E-state index in [9.17, 15) is 4.79 Å². The van der Waals surface area contributed by atoms with Crippen LogP contribution >= 0.6 is 0 Å². The smallest absolute Gasteiger partial charge is 0.163 e. The average Bonchev–Trinajstić information content (AvgIpc) is 2.38. The number of ether oxygens (including phenoxy) is 2. The van der Waals surface area contributed by atoms with Gasteiger partial charge in [0.25, 0.3) is 0 Å². The molecule has 1 rings (SSSR count). The summed E-state index contributed by atoms with van der Waals surface area (Å²) < 4.78 is 10.8. The second kappa shape index (κ2) is 7.25. The van der Waals surface area contributed by atoms with Gasteiger partial charge in [-0.25, -0.2) is 0 Å². The maximum atomic E-state index is 12.0. The van der Waals surface area contributed by atoms with E-state index in [2.05, 4.69) is 0 Å². The van der Waals surface area contributed by atoms with Crippen molar-refractivity contribution in [3.8, 4) is 5.75 Å². The van der Waals surface area contributed by atoms with Crippen LogP contribution in [0.15, 0.2) is 35.9 Å². The highest BCUT2D eigenvalue weighted by Crippen LogP contribution is 2.20. The standard InChI is InChI=1S/C17H24O3/c1-13(2)10-16(18)17(3,4)12-20-11-14-6-8-15(19-5)9-7-14/h6-10H,11-12H2,1-5H3. The van der Waals surface area contributed by atoms with Gasteiger partial charge in [0.05, 0.1) is 25.7 Å². The summed E-state index contributed by atoms with van der Waals surface area (Å²) in [5.41, 5.74) is 1.58. The van der Waals surface area contributed by atoms with E-state index in [0.29, 0.717) is 13.2 Å². The van der Waals surface area contributed by atoms with Crippen molar-refractivity contribution in [3.05, 3.63) is 41.5 Å². The first kappa shape index (κ1) is 16.4. The van der Waals surface area contributed by atoms with Crippen molar-refractivity contribution in [1.29, 1.82) is 0 Å². The van der Waals surface area contributed by atoms with Gasteiger partial charge in [-0.05, 0) is 37.6 Å². The van der Waals surface area contributed by atoms with Crippen molar-refractivity contribution in [2.45, 2.75) is 34.3 Å². The van der Waals surface area contributed by atoms with Gasteiger partial charge in [-0.1, -0.05) is 31.6 Å². The van der Waals surface area contributed by atoms with Crippen LogP contribution in [0.1, 0.15) is 33.3 Å². The quantitative estimate of drug-likeness (QED) is 0.711. The third-order valence-corrected chi connectivity index (χ3v) is 2.98. The Bertz CT molecular complexity index is 466. The predicted octanol–water partition coefficient (Wildman–Crippen LogP) is 3.77. The summed E-state index contributed by atoms with van der Waals surface area (Å²) in [5.74, 6) is 0.931. The van der Waals surface area contributed by atoms with Crippen LogP contribution in [0.3, 0.4) is 0 Å². The molecule has 0 atom stereocenters. The lowest BCUT2D eigenvalue weighted by Gasteiger charge is -2.21. The fraction of sp³-hybridized carbons (Fsp3) is 0.471. The van der Waals surface area contributed by atoms with Crippen molar-refractivity contribution < 1.29 is 14.3 Å². The van der Waals surface area contributed by atoms with Crippen LogP contribution < -0.4 is 4.74 Å². The number of carbonyl (C=O) groups is 1. The molecule has 0 saturated heterocycles. The molecule has 3 nitrogen and oxygen atoms in total. The summed E-state index contributed by atoms with van der Waals surface area (Å²) in [6, 6.07) is 7.73. The van der Waals surface area contributed by atoms with Crippen molar-refractivity contribution in [3.63, 3.8) is 0 Å². The third-order valence-electron chi connectivity index (χ3n) is 2.98. The topological polar surface area (TPSA) is 35.5 Å². The lowest BCUT2D eigenvalue weighted by molar-refractivity contribution is -0.125. The number of hydrogen-bond donors (Lipinski definition) is 0. The van der Waals surface area contributed by atoms with Gasteiger partial charge in [0.2, 0.25) is 0 Å². The van der Waals surface area contributed by atoms with E-state index in [-0.39, 0.29) is 5.78 Å². The van der Waals surface area contributed by atoms with Gasteiger partial charge >= 0.3 is 0 Å². The fourth-order valence-electron chi connectivity index (χ4n) is 1.67. The number of hydrogen-bond acceptors (Lipinski definition) is 3. The average molecular weight is 276 g/mol. The van der Waals surface area contributed by atoms with Gasteiger partial charge in [-0.2, -0.15) is 0 Å². The monoisotopic (exact) mass is 276 g/mol. The Balaban J connectivity index is 2.50. The molecule has 0 aliphatic rings.